The molecule has 2 rings (SSSR count). The van der Waals surface area contributed by atoms with Crippen LogP contribution in [0.3, 0.4) is 0 Å². The third-order valence-electron chi connectivity index (χ3n) is 3.41. The molecular weight excluding hydrogens is 282 g/mol. The van der Waals surface area contributed by atoms with Crippen LogP contribution in [0, 0.1) is 0 Å². The van der Waals surface area contributed by atoms with Crippen molar-refractivity contribution in [1.82, 2.24) is 0 Å². The van der Waals surface area contributed by atoms with Crippen molar-refractivity contribution in [2.24, 2.45) is 5.14 Å². The fraction of sp³-hybridized carbons (Fsp3) is 0.500. The molecule has 0 spiro atoms. The molecule has 2 unspecified atom stereocenters. The minimum atomic E-state index is -3.77. The molecular formula is C12H19N3O2S2. The Balaban J connectivity index is 2.30. The molecule has 1 aromatic carbocycles. The van der Waals surface area contributed by atoms with Crippen LogP contribution < -0.4 is 16.2 Å². The molecule has 0 aliphatic heterocycles. The van der Waals surface area contributed by atoms with Crippen LogP contribution in [0.2, 0.25) is 0 Å². The summed E-state index contributed by atoms with van der Waals surface area (Å²) in [6.45, 7) is 0. The first kappa shape index (κ1) is 14.5. The Hall–Kier alpha value is -0.920. The summed E-state index contributed by atoms with van der Waals surface area (Å²) < 4.78 is 23.2. The first-order valence-electron chi connectivity index (χ1n) is 6.13. The van der Waals surface area contributed by atoms with Crippen LogP contribution in [0.25, 0.3) is 0 Å². The fourth-order valence-electron chi connectivity index (χ4n) is 2.47. The van der Waals surface area contributed by atoms with E-state index in [2.05, 4.69) is 11.6 Å². The fourth-order valence-corrected chi connectivity index (χ4v) is 4.14. The number of nitrogen functional groups attached to an aromatic ring is 1. The average Bonchev–Trinajstić information content (AvgIpc) is 2.77. The molecule has 1 saturated carbocycles. The summed E-state index contributed by atoms with van der Waals surface area (Å²) in [6, 6.07) is 5.05. The van der Waals surface area contributed by atoms with Gasteiger partial charge in [0.05, 0.1) is 5.69 Å². The second kappa shape index (κ2) is 5.60. The maximum Gasteiger partial charge on any atom is 0.240 e. The highest BCUT2D eigenvalue weighted by molar-refractivity contribution is 7.99. The molecule has 1 aromatic rings. The Morgan fingerprint density at radius 3 is 2.74 bits per heavy atom. The Bertz CT molecular complexity index is 560. The lowest BCUT2D eigenvalue weighted by Crippen LogP contribution is -2.27. The van der Waals surface area contributed by atoms with Gasteiger partial charge in [-0.05, 0) is 37.3 Å². The van der Waals surface area contributed by atoms with Gasteiger partial charge in [-0.15, -0.1) is 0 Å². The standard InChI is InChI=1S/C12H19N3O2S2/c1-18-11-4-2-3-9(11)15-10-6-5-8(13)7-12(10)19(14,16)17/h5-7,9,11,15H,2-4,13H2,1H3,(H2,14,16,17). The maximum atomic E-state index is 11.6. The molecule has 0 amide bonds. The van der Waals surface area contributed by atoms with E-state index in [0.717, 1.165) is 19.3 Å². The van der Waals surface area contributed by atoms with Gasteiger partial charge < -0.3 is 11.1 Å². The van der Waals surface area contributed by atoms with Crippen molar-refractivity contribution in [2.45, 2.75) is 35.4 Å². The molecule has 0 heterocycles. The van der Waals surface area contributed by atoms with Crippen LogP contribution in [0.1, 0.15) is 19.3 Å². The van der Waals surface area contributed by atoms with E-state index in [1.54, 1.807) is 12.1 Å². The topological polar surface area (TPSA) is 98.2 Å². The van der Waals surface area contributed by atoms with Crippen molar-refractivity contribution in [3.05, 3.63) is 18.2 Å². The molecule has 1 fully saturated rings. The largest absolute Gasteiger partial charge is 0.399 e. The van der Waals surface area contributed by atoms with Crippen molar-refractivity contribution < 1.29 is 8.42 Å². The third kappa shape index (κ3) is 3.34. The van der Waals surface area contributed by atoms with Crippen LogP contribution in [0.4, 0.5) is 11.4 Å². The first-order chi connectivity index (χ1) is 8.91. The zero-order chi connectivity index (χ0) is 14.0. The number of benzene rings is 1. The Labute approximate surface area is 118 Å². The van der Waals surface area contributed by atoms with Gasteiger partial charge in [0.1, 0.15) is 4.90 Å². The number of nitrogens with one attached hydrogen (secondary N) is 1. The van der Waals surface area contributed by atoms with Crippen molar-refractivity contribution in [1.29, 1.82) is 0 Å². The van der Waals surface area contributed by atoms with Gasteiger partial charge in [0, 0.05) is 17.0 Å². The Morgan fingerprint density at radius 2 is 2.11 bits per heavy atom. The predicted octanol–water partition coefficient (Wildman–Crippen LogP) is 1.61. The molecule has 0 radical (unpaired) electrons. The molecule has 1 aliphatic carbocycles. The predicted molar refractivity (Wildman–Crippen MR) is 80.8 cm³/mol. The number of rotatable bonds is 4. The molecule has 106 valence electrons. The first-order valence-corrected chi connectivity index (χ1v) is 8.97. The molecule has 0 aromatic heterocycles. The zero-order valence-electron chi connectivity index (χ0n) is 10.8. The Morgan fingerprint density at radius 1 is 1.37 bits per heavy atom. The summed E-state index contributed by atoms with van der Waals surface area (Å²) in [7, 11) is -3.77. The van der Waals surface area contributed by atoms with E-state index < -0.39 is 10.0 Å². The highest BCUT2D eigenvalue weighted by Crippen LogP contribution is 2.32. The van der Waals surface area contributed by atoms with Gasteiger partial charge in [-0.2, -0.15) is 11.8 Å². The van der Waals surface area contributed by atoms with Crippen LogP contribution in [0.15, 0.2) is 23.1 Å². The number of primary sulfonamides is 1. The monoisotopic (exact) mass is 301 g/mol. The average molecular weight is 301 g/mol. The minimum Gasteiger partial charge on any atom is -0.399 e. The lowest BCUT2D eigenvalue weighted by atomic mass is 10.2. The van der Waals surface area contributed by atoms with Gasteiger partial charge >= 0.3 is 0 Å². The number of hydrogen-bond acceptors (Lipinski definition) is 5. The van der Waals surface area contributed by atoms with Gasteiger partial charge in [0.2, 0.25) is 10.0 Å². The molecule has 0 saturated heterocycles. The molecule has 7 heteroatoms. The number of nitrogens with two attached hydrogens (primary N) is 2. The van der Waals surface area contributed by atoms with Gasteiger partial charge in [-0.1, -0.05) is 6.42 Å². The van der Waals surface area contributed by atoms with E-state index in [-0.39, 0.29) is 10.9 Å². The number of anilines is 2. The second-order valence-corrected chi connectivity index (χ2v) is 7.36. The quantitative estimate of drug-likeness (QED) is 0.734. The summed E-state index contributed by atoms with van der Waals surface area (Å²) in [6.07, 6.45) is 5.43. The van der Waals surface area contributed by atoms with Crippen LogP contribution in [-0.2, 0) is 10.0 Å². The third-order valence-corrected chi connectivity index (χ3v) is 5.53. The summed E-state index contributed by atoms with van der Waals surface area (Å²) >= 11 is 1.81. The number of thioether (sulfide) groups is 1. The van der Waals surface area contributed by atoms with Gasteiger partial charge in [0.25, 0.3) is 0 Å². The number of sulfonamides is 1. The van der Waals surface area contributed by atoms with Gasteiger partial charge in [-0.3, -0.25) is 0 Å². The van der Waals surface area contributed by atoms with E-state index in [0.29, 0.717) is 16.6 Å². The van der Waals surface area contributed by atoms with Crippen LogP contribution in [-0.4, -0.2) is 26.0 Å². The SMILES string of the molecule is CSC1CCCC1Nc1ccc(N)cc1S(N)(=O)=O. The lowest BCUT2D eigenvalue weighted by molar-refractivity contribution is 0.598. The molecule has 5 N–H and O–H groups in total. The van der Waals surface area contributed by atoms with E-state index in [9.17, 15) is 8.42 Å². The van der Waals surface area contributed by atoms with Crippen LogP contribution >= 0.6 is 11.8 Å². The smallest absolute Gasteiger partial charge is 0.240 e. The van der Waals surface area contributed by atoms with Crippen molar-refractivity contribution in [3.8, 4) is 0 Å². The summed E-state index contributed by atoms with van der Waals surface area (Å²) in [5.74, 6) is 0. The van der Waals surface area contributed by atoms with Gasteiger partial charge in [-0.25, -0.2) is 13.6 Å². The highest BCUT2D eigenvalue weighted by atomic mass is 32.2. The molecule has 0 bridgehead atoms. The van der Waals surface area contributed by atoms with Crippen LogP contribution in [0.5, 0.6) is 0 Å². The van der Waals surface area contributed by atoms with Gasteiger partial charge in [0.15, 0.2) is 0 Å². The molecule has 19 heavy (non-hydrogen) atoms. The maximum absolute atomic E-state index is 11.6. The summed E-state index contributed by atoms with van der Waals surface area (Å²) in [5.41, 5.74) is 6.57. The second-order valence-electron chi connectivity index (χ2n) is 4.76. The van der Waals surface area contributed by atoms with Crippen molar-refractivity contribution in [2.75, 3.05) is 17.3 Å². The lowest BCUT2D eigenvalue weighted by Gasteiger charge is -2.22. The normalized spacial score (nSPS) is 23.5. The summed E-state index contributed by atoms with van der Waals surface area (Å²) in [4.78, 5) is 0.0688. The van der Waals surface area contributed by atoms with E-state index >= 15 is 0 Å². The summed E-state index contributed by atoms with van der Waals surface area (Å²) in [5, 5.41) is 9.05. The zero-order valence-corrected chi connectivity index (χ0v) is 12.4. The van der Waals surface area contributed by atoms with E-state index in [1.165, 1.54) is 6.07 Å². The van der Waals surface area contributed by atoms with E-state index in [1.807, 2.05) is 11.8 Å². The minimum absolute atomic E-state index is 0.0688. The number of hydrogen-bond donors (Lipinski definition) is 3. The van der Waals surface area contributed by atoms with Crippen molar-refractivity contribution in [3.63, 3.8) is 0 Å². The molecule has 1 aliphatic rings. The highest BCUT2D eigenvalue weighted by Gasteiger charge is 2.27. The molecule has 5 nitrogen and oxygen atoms in total. The van der Waals surface area contributed by atoms with E-state index in [4.69, 9.17) is 10.9 Å². The Kier molecular flexibility index (Phi) is 4.27. The van der Waals surface area contributed by atoms with Crippen molar-refractivity contribution >= 4 is 33.2 Å². The molecule has 2 atom stereocenters.